The topological polar surface area (TPSA) is 29.3 Å². The fourth-order valence-corrected chi connectivity index (χ4v) is 9.02. The van der Waals surface area contributed by atoms with Crippen LogP contribution in [0.2, 0.25) is 0 Å². The highest BCUT2D eigenvalue weighted by Gasteiger charge is 2.31. The quantitative estimate of drug-likeness (QED) is 0.215. The second kappa shape index (κ2) is 8.77. The lowest BCUT2D eigenvalue weighted by Gasteiger charge is -2.28. The van der Waals surface area contributed by atoms with E-state index in [1.807, 2.05) is 11.3 Å². The molecule has 4 heterocycles. The Hall–Kier alpha value is -4.97. The van der Waals surface area contributed by atoms with Gasteiger partial charge in [0.05, 0.1) is 16.7 Å². The maximum Gasteiger partial charge on any atom is 0.149 e. The number of aliphatic imine (C=N–C) groups is 1. The number of thiophene rings is 2. The van der Waals surface area contributed by atoms with Crippen molar-refractivity contribution >= 4 is 102 Å². The number of nitrogens with one attached hydrogen (secondary N) is 1. The number of hydrogen-bond acceptors (Lipinski definition) is 4. The molecule has 0 fully saturated rings. The molecule has 6 aromatic carbocycles. The number of hydrogen-bond donors (Lipinski definition) is 1. The monoisotopic (exact) mass is 585 g/mol. The first kappa shape index (κ1) is 23.6. The normalized spacial score (nSPS) is 15.1. The molecule has 10 rings (SSSR count). The van der Waals surface area contributed by atoms with Crippen LogP contribution in [0.1, 0.15) is 11.7 Å². The van der Waals surface area contributed by atoms with Gasteiger partial charge < -0.3 is 9.88 Å². The number of fused-ring (bicyclic) bond motifs is 10. The fourth-order valence-electron chi connectivity index (χ4n) is 6.87. The van der Waals surface area contributed by atoms with Gasteiger partial charge in [0.25, 0.3) is 0 Å². The zero-order valence-corrected chi connectivity index (χ0v) is 24.5. The van der Waals surface area contributed by atoms with Crippen LogP contribution in [0.3, 0.4) is 0 Å². The Bertz CT molecular complexity index is 2620. The molecule has 9 aromatic rings. The van der Waals surface area contributed by atoms with Crippen LogP contribution in [-0.4, -0.2) is 10.3 Å². The molecule has 1 aliphatic rings. The summed E-state index contributed by atoms with van der Waals surface area (Å²) in [7, 11) is 0. The van der Waals surface area contributed by atoms with Crippen molar-refractivity contribution in [3.05, 3.63) is 133 Å². The van der Waals surface area contributed by atoms with E-state index in [0.717, 1.165) is 22.0 Å². The third kappa shape index (κ3) is 3.38. The van der Waals surface area contributed by atoms with Crippen molar-refractivity contribution in [2.45, 2.75) is 6.17 Å². The van der Waals surface area contributed by atoms with Gasteiger partial charge in [-0.2, -0.15) is 0 Å². The predicted octanol–water partition coefficient (Wildman–Crippen LogP) is 11.3. The Balaban J connectivity index is 1.29. The lowest BCUT2D eigenvalue weighted by atomic mass is 10.0. The Morgan fingerprint density at radius 1 is 0.535 bits per heavy atom. The summed E-state index contributed by atoms with van der Waals surface area (Å²) in [4.78, 5) is 5.54. The Morgan fingerprint density at radius 2 is 1.21 bits per heavy atom. The minimum absolute atomic E-state index is 0.188. The Morgan fingerprint density at radius 3 is 2.07 bits per heavy atom. The number of rotatable bonds is 2. The molecule has 3 aromatic heterocycles. The van der Waals surface area contributed by atoms with Gasteiger partial charge in [0.15, 0.2) is 0 Å². The highest BCUT2D eigenvalue weighted by molar-refractivity contribution is 7.25. The van der Waals surface area contributed by atoms with Crippen LogP contribution in [0.15, 0.2) is 132 Å². The molecule has 43 heavy (non-hydrogen) atoms. The number of benzene rings is 6. The standard InChI is InChI=1S/C38H23N3S2/c1-2-10-23-21-31-28(19-22(23)9-1)25-11-3-6-14-30(25)41(31)37-35(39-36-27-13-5-8-16-33(27)43-38(36)40-37)24-17-18-34-29(20-24)26-12-4-7-15-32(26)42-34/h1-21,37,40H. The molecule has 1 unspecified atom stereocenters. The molecule has 0 saturated heterocycles. The van der Waals surface area contributed by atoms with Gasteiger partial charge in [-0.15, -0.1) is 22.7 Å². The molecule has 0 spiro atoms. The summed E-state index contributed by atoms with van der Waals surface area (Å²) < 4.78 is 6.33. The van der Waals surface area contributed by atoms with Crippen LogP contribution in [-0.2, 0) is 0 Å². The van der Waals surface area contributed by atoms with Gasteiger partial charge >= 0.3 is 0 Å². The minimum Gasteiger partial charge on any atom is -0.350 e. The molecule has 1 atom stereocenters. The highest BCUT2D eigenvalue weighted by Crippen LogP contribution is 2.48. The van der Waals surface area contributed by atoms with Crippen molar-refractivity contribution in [2.75, 3.05) is 5.32 Å². The van der Waals surface area contributed by atoms with E-state index in [1.165, 1.54) is 62.8 Å². The first-order chi connectivity index (χ1) is 21.3. The molecule has 1 aliphatic heterocycles. The van der Waals surface area contributed by atoms with E-state index in [2.05, 4.69) is 137 Å². The van der Waals surface area contributed by atoms with Gasteiger partial charge in [-0.25, -0.2) is 4.99 Å². The lowest BCUT2D eigenvalue weighted by molar-refractivity contribution is 0.762. The van der Waals surface area contributed by atoms with Crippen LogP contribution in [0.4, 0.5) is 10.7 Å². The van der Waals surface area contributed by atoms with Gasteiger partial charge in [0.2, 0.25) is 0 Å². The molecule has 202 valence electrons. The largest absolute Gasteiger partial charge is 0.350 e. The van der Waals surface area contributed by atoms with E-state index < -0.39 is 0 Å². The van der Waals surface area contributed by atoms with Crippen LogP contribution >= 0.6 is 22.7 Å². The third-order valence-corrected chi connectivity index (χ3v) is 11.1. The van der Waals surface area contributed by atoms with E-state index in [4.69, 9.17) is 4.99 Å². The fraction of sp³-hybridized carbons (Fsp3) is 0.0263. The number of para-hydroxylation sites is 1. The summed E-state index contributed by atoms with van der Waals surface area (Å²) in [6.45, 7) is 0. The zero-order chi connectivity index (χ0) is 28.1. The third-order valence-electron chi connectivity index (χ3n) is 8.84. The van der Waals surface area contributed by atoms with Crippen LogP contribution in [0.5, 0.6) is 0 Å². The van der Waals surface area contributed by atoms with Gasteiger partial charge in [-0.1, -0.05) is 84.9 Å². The maximum absolute atomic E-state index is 5.54. The van der Waals surface area contributed by atoms with Gasteiger partial charge in [-0.3, -0.25) is 0 Å². The SMILES string of the molecule is c1ccc2cc3c(cc2c1)c1ccccc1n3C1Nc2sc3ccccc3c2N=C1c1ccc2sc3ccccc3c2c1. The van der Waals surface area contributed by atoms with Crippen LogP contribution in [0.25, 0.3) is 62.8 Å². The summed E-state index contributed by atoms with van der Waals surface area (Å²) in [5.74, 6) is 0. The van der Waals surface area contributed by atoms with E-state index >= 15 is 0 Å². The molecular formula is C38H23N3S2. The van der Waals surface area contributed by atoms with E-state index in [9.17, 15) is 0 Å². The van der Waals surface area contributed by atoms with Gasteiger partial charge in [0, 0.05) is 46.6 Å². The van der Waals surface area contributed by atoms with Gasteiger partial charge in [-0.05, 0) is 53.2 Å². The summed E-state index contributed by atoms with van der Waals surface area (Å²) in [5.41, 5.74) is 5.61. The summed E-state index contributed by atoms with van der Waals surface area (Å²) in [6, 6.07) is 46.3. The zero-order valence-electron chi connectivity index (χ0n) is 22.9. The smallest absolute Gasteiger partial charge is 0.149 e. The average Bonchev–Trinajstić information content (AvgIpc) is 3.71. The van der Waals surface area contributed by atoms with E-state index in [-0.39, 0.29) is 6.17 Å². The van der Waals surface area contributed by atoms with Crippen molar-refractivity contribution in [2.24, 2.45) is 4.99 Å². The van der Waals surface area contributed by atoms with Crippen LogP contribution < -0.4 is 5.32 Å². The summed E-state index contributed by atoms with van der Waals surface area (Å²) in [5, 5.41) is 13.9. The van der Waals surface area contributed by atoms with Gasteiger partial charge in [0.1, 0.15) is 16.9 Å². The van der Waals surface area contributed by atoms with E-state index in [1.54, 1.807) is 11.3 Å². The summed E-state index contributed by atoms with van der Waals surface area (Å²) in [6.07, 6.45) is -0.188. The van der Waals surface area contributed by atoms with E-state index in [0.29, 0.717) is 0 Å². The van der Waals surface area contributed by atoms with Crippen molar-refractivity contribution in [1.29, 1.82) is 0 Å². The van der Waals surface area contributed by atoms with Crippen molar-refractivity contribution < 1.29 is 0 Å². The molecule has 0 saturated carbocycles. The molecular weight excluding hydrogens is 563 g/mol. The molecule has 5 heteroatoms. The predicted molar refractivity (Wildman–Crippen MR) is 187 cm³/mol. The number of anilines is 1. The van der Waals surface area contributed by atoms with Crippen LogP contribution in [0, 0.1) is 0 Å². The first-order valence-electron chi connectivity index (χ1n) is 14.5. The molecule has 0 amide bonds. The lowest BCUT2D eigenvalue weighted by Crippen LogP contribution is -2.29. The molecule has 1 N–H and O–H groups in total. The average molecular weight is 586 g/mol. The van der Waals surface area contributed by atoms with Crippen molar-refractivity contribution in [3.63, 3.8) is 0 Å². The second-order valence-corrected chi connectivity index (χ2v) is 13.4. The summed E-state index contributed by atoms with van der Waals surface area (Å²) >= 11 is 3.64. The second-order valence-electron chi connectivity index (χ2n) is 11.2. The Labute approximate surface area is 255 Å². The molecule has 0 radical (unpaired) electrons. The molecule has 3 nitrogen and oxygen atoms in total. The highest BCUT2D eigenvalue weighted by atomic mass is 32.1. The minimum atomic E-state index is -0.188. The molecule has 0 bridgehead atoms. The Kier molecular flexibility index (Phi) is 4.81. The number of aromatic nitrogens is 1. The van der Waals surface area contributed by atoms with Crippen molar-refractivity contribution in [1.82, 2.24) is 4.57 Å². The first-order valence-corrected chi connectivity index (χ1v) is 16.1. The van der Waals surface area contributed by atoms with Crippen molar-refractivity contribution in [3.8, 4) is 0 Å². The molecule has 0 aliphatic carbocycles. The maximum atomic E-state index is 5.54. The number of nitrogens with zero attached hydrogens (tertiary/aromatic N) is 2.